The molecule has 0 fully saturated rings. The van der Waals surface area contributed by atoms with Crippen molar-refractivity contribution in [1.29, 1.82) is 0 Å². The summed E-state index contributed by atoms with van der Waals surface area (Å²) in [7, 11) is 2.10. The summed E-state index contributed by atoms with van der Waals surface area (Å²) < 4.78 is 1.13. The summed E-state index contributed by atoms with van der Waals surface area (Å²) in [6.45, 7) is 3.53. The second-order valence-corrected chi connectivity index (χ2v) is 5.89. The molecule has 1 heterocycles. The van der Waals surface area contributed by atoms with Gasteiger partial charge < -0.3 is 5.73 Å². The second-order valence-electron chi connectivity index (χ2n) is 5.04. The van der Waals surface area contributed by atoms with Gasteiger partial charge in [-0.2, -0.15) is 0 Å². The molecule has 3 nitrogen and oxygen atoms in total. The molecule has 0 bridgehead atoms. The van der Waals surface area contributed by atoms with E-state index in [9.17, 15) is 0 Å². The van der Waals surface area contributed by atoms with E-state index in [0.717, 1.165) is 11.0 Å². The predicted molar refractivity (Wildman–Crippen MR) is 86.4 cm³/mol. The zero-order valence-corrected chi connectivity index (χ0v) is 13.5. The maximum Gasteiger partial charge on any atom is 0.0471 e. The Balaban J connectivity index is 2.16. The standard InChI is InChI=1S/C16H20BrN3/c1-12-8-14(5-6-15(12)17)16(9-18)20(2)11-13-4-3-7-19-10-13/h3-8,10,16H,9,11,18H2,1-2H3. The van der Waals surface area contributed by atoms with Crippen molar-refractivity contribution in [1.82, 2.24) is 9.88 Å². The van der Waals surface area contributed by atoms with Gasteiger partial charge in [0.15, 0.2) is 0 Å². The molecular weight excluding hydrogens is 314 g/mol. The fourth-order valence-electron chi connectivity index (χ4n) is 2.34. The summed E-state index contributed by atoms with van der Waals surface area (Å²) in [5.74, 6) is 0. The molecule has 0 spiro atoms. The Labute approximate surface area is 129 Å². The van der Waals surface area contributed by atoms with E-state index < -0.39 is 0 Å². The number of hydrogen-bond donors (Lipinski definition) is 1. The number of nitrogens with two attached hydrogens (primary N) is 1. The van der Waals surface area contributed by atoms with Crippen molar-refractivity contribution in [3.8, 4) is 0 Å². The summed E-state index contributed by atoms with van der Waals surface area (Å²) in [5, 5.41) is 0. The lowest BCUT2D eigenvalue weighted by Crippen LogP contribution is -2.30. The molecule has 0 amide bonds. The first-order chi connectivity index (χ1) is 9.61. The molecule has 106 valence electrons. The molecule has 0 aliphatic rings. The van der Waals surface area contributed by atoms with Gasteiger partial charge in [0.25, 0.3) is 0 Å². The molecular formula is C16H20BrN3. The molecule has 1 atom stereocenters. The minimum atomic E-state index is 0.210. The van der Waals surface area contributed by atoms with Crippen LogP contribution in [0.25, 0.3) is 0 Å². The number of halogens is 1. The molecule has 2 rings (SSSR count). The number of benzene rings is 1. The highest BCUT2D eigenvalue weighted by atomic mass is 79.9. The second kappa shape index (κ2) is 6.97. The van der Waals surface area contributed by atoms with Crippen molar-refractivity contribution in [3.05, 3.63) is 63.9 Å². The Morgan fingerprint density at radius 2 is 2.15 bits per heavy atom. The summed E-state index contributed by atoms with van der Waals surface area (Å²) in [6, 6.07) is 10.7. The van der Waals surface area contributed by atoms with Crippen molar-refractivity contribution >= 4 is 15.9 Å². The molecule has 1 aromatic heterocycles. The van der Waals surface area contributed by atoms with Gasteiger partial charge in [0, 0.05) is 36.0 Å². The van der Waals surface area contributed by atoms with Crippen LogP contribution in [-0.4, -0.2) is 23.5 Å². The van der Waals surface area contributed by atoms with E-state index in [1.807, 2.05) is 12.3 Å². The third kappa shape index (κ3) is 3.66. The van der Waals surface area contributed by atoms with Crippen LogP contribution in [0.2, 0.25) is 0 Å². The van der Waals surface area contributed by atoms with Crippen LogP contribution in [0.5, 0.6) is 0 Å². The maximum absolute atomic E-state index is 5.98. The van der Waals surface area contributed by atoms with Crippen LogP contribution < -0.4 is 5.73 Å². The molecule has 0 aliphatic heterocycles. The van der Waals surface area contributed by atoms with Gasteiger partial charge >= 0.3 is 0 Å². The number of aryl methyl sites for hydroxylation is 1. The first-order valence-electron chi connectivity index (χ1n) is 6.67. The van der Waals surface area contributed by atoms with Crippen molar-refractivity contribution in [3.63, 3.8) is 0 Å². The van der Waals surface area contributed by atoms with E-state index in [2.05, 4.69) is 64.1 Å². The molecule has 20 heavy (non-hydrogen) atoms. The Morgan fingerprint density at radius 3 is 2.75 bits per heavy atom. The third-order valence-corrected chi connectivity index (χ3v) is 4.37. The monoisotopic (exact) mass is 333 g/mol. The van der Waals surface area contributed by atoms with Gasteiger partial charge in [0.1, 0.15) is 0 Å². The number of rotatable bonds is 5. The minimum absolute atomic E-state index is 0.210. The SMILES string of the molecule is Cc1cc(C(CN)N(C)Cc2cccnc2)ccc1Br. The Kier molecular flexibility index (Phi) is 5.29. The summed E-state index contributed by atoms with van der Waals surface area (Å²) in [5.41, 5.74) is 9.66. The normalized spacial score (nSPS) is 12.7. The molecule has 2 aromatic rings. The molecule has 1 aromatic carbocycles. The van der Waals surface area contributed by atoms with Gasteiger partial charge in [-0.1, -0.05) is 34.1 Å². The van der Waals surface area contributed by atoms with Crippen molar-refractivity contribution in [2.45, 2.75) is 19.5 Å². The zero-order valence-electron chi connectivity index (χ0n) is 11.9. The van der Waals surface area contributed by atoms with Crippen LogP contribution in [0, 0.1) is 6.92 Å². The van der Waals surface area contributed by atoms with Gasteiger partial charge in [-0.25, -0.2) is 0 Å². The van der Waals surface area contributed by atoms with E-state index in [4.69, 9.17) is 5.73 Å². The molecule has 0 saturated heterocycles. The average Bonchev–Trinajstić information content (AvgIpc) is 2.44. The number of hydrogen-bond acceptors (Lipinski definition) is 3. The highest BCUT2D eigenvalue weighted by molar-refractivity contribution is 9.10. The Bertz CT molecular complexity index is 557. The lowest BCUT2D eigenvalue weighted by Gasteiger charge is -2.27. The maximum atomic E-state index is 5.98. The summed E-state index contributed by atoms with van der Waals surface area (Å²) in [6.07, 6.45) is 3.69. The van der Waals surface area contributed by atoms with Crippen molar-refractivity contribution < 1.29 is 0 Å². The van der Waals surface area contributed by atoms with E-state index in [-0.39, 0.29) is 6.04 Å². The van der Waals surface area contributed by atoms with Crippen LogP contribution in [0.3, 0.4) is 0 Å². The van der Waals surface area contributed by atoms with Crippen LogP contribution in [0.15, 0.2) is 47.2 Å². The van der Waals surface area contributed by atoms with Crippen LogP contribution in [0.1, 0.15) is 22.7 Å². The Hall–Kier alpha value is -1.23. The van der Waals surface area contributed by atoms with E-state index in [1.54, 1.807) is 6.20 Å². The smallest absolute Gasteiger partial charge is 0.0471 e. The van der Waals surface area contributed by atoms with Gasteiger partial charge in [-0.05, 0) is 42.8 Å². The van der Waals surface area contributed by atoms with Gasteiger partial charge in [-0.3, -0.25) is 9.88 Å². The van der Waals surface area contributed by atoms with E-state index in [1.165, 1.54) is 16.7 Å². The highest BCUT2D eigenvalue weighted by Crippen LogP contribution is 2.24. The fourth-order valence-corrected chi connectivity index (χ4v) is 2.58. The van der Waals surface area contributed by atoms with Crippen molar-refractivity contribution in [2.75, 3.05) is 13.6 Å². The number of nitrogens with zero attached hydrogens (tertiary/aromatic N) is 2. The number of pyridine rings is 1. The van der Waals surface area contributed by atoms with Crippen molar-refractivity contribution in [2.24, 2.45) is 5.73 Å². The first kappa shape index (κ1) is 15.2. The lowest BCUT2D eigenvalue weighted by molar-refractivity contribution is 0.241. The van der Waals surface area contributed by atoms with E-state index >= 15 is 0 Å². The molecule has 1 unspecified atom stereocenters. The largest absolute Gasteiger partial charge is 0.329 e. The van der Waals surface area contributed by atoms with Gasteiger partial charge in [0.2, 0.25) is 0 Å². The van der Waals surface area contributed by atoms with E-state index in [0.29, 0.717) is 6.54 Å². The molecule has 2 N–H and O–H groups in total. The fraction of sp³-hybridized carbons (Fsp3) is 0.312. The van der Waals surface area contributed by atoms with Crippen LogP contribution >= 0.6 is 15.9 Å². The van der Waals surface area contributed by atoms with Gasteiger partial charge in [-0.15, -0.1) is 0 Å². The molecule has 0 saturated carbocycles. The highest BCUT2D eigenvalue weighted by Gasteiger charge is 2.16. The minimum Gasteiger partial charge on any atom is -0.329 e. The first-order valence-corrected chi connectivity index (χ1v) is 7.46. The lowest BCUT2D eigenvalue weighted by atomic mass is 10.0. The topological polar surface area (TPSA) is 42.1 Å². The van der Waals surface area contributed by atoms with Crippen LogP contribution in [0.4, 0.5) is 0 Å². The summed E-state index contributed by atoms with van der Waals surface area (Å²) >= 11 is 3.54. The zero-order chi connectivity index (χ0) is 14.5. The number of aromatic nitrogens is 1. The summed E-state index contributed by atoms with van der Waals surface area (Å²) in [4.78, 5) is 6.42. The quantitative estimate of drug-likeness (QED) is 0.912. The molecule has 0 radical (unpaired) electrons. The van der Waals surface area contributed by atoms with Gasteiger partial charge in [0.05, 0.1) is 0 Å². The average molecular weight is 334 g/mol. The molecule has 0 aliphatic carbocycles. The predicted octanol–water partition coefficient (Wildman–Crippen LogP) is 3.28. The number of likely N-dealkylation sites (N-methyl/N-ethyl adjacent to an activating group) is 1. The molecule has 4 heteroatoms. The third-order valence-electron chi connectivity index (χ3n) is 3.48. The van der Waals surface area contributed by atoms with Crippen LogP contribution in [-0.2, 0) is 6.54 Å². The Morgan fingerprint density at radius 1 is 1.35 bits per heavy atom.